The molecule has 2 nitrogen and oxygen atoms in total. The van der Waals surface area contributed by atoms with E-state index in [4.69, 9.17) is 0 Å². The van der Waals surface area contributed by atoms with E-state index in [1.165, 1.54) is 45.6 Å². The number of rotatable bonds is 3. The van der Waals surface area contributed by atoms with E-state index in [1.54, 1.807) is 5.56 Å². The first kappa shape index (κ1) is 12.2. The van der Waals surface area contributed by atoms with Crippen LogP contribution in [0.4, 0.5) is 0 Å². The average Bonchev–Trinajstić information content (AvgIpc) is 2.39. The van der Waals surface area contributed by atoms with Gasteiger partial charge in [-0.05, 0) is 50.4 Å². The molecule has 2 aliphatic rings. The lowest BCUT2D eigenvalue weighted by Gasteiger charge is -2.41. The van der Waals surface area contributed by atoms with Crippen LogP contribution in [0.1, 0.15) is 24.3 Å². The summed E-state index contributed by atoms with van der Waals surface area (Å²) in [5, 5.41) is 0. The van der Waals surface area contributed by atoms with Crippen molar-refractivity contribution in [2.24, 2.45) is 5.92 Å². The van der Waals surface area contributed by atoms with E-state index < -0.39 is 0 Å². The second kappa shape index (κ2) is 5.41. The van der Waals surface area contributed by atoms with Gasteiger partial charge < -0.3 is 9.80 Å². The van der Waals surface area contributed by atoms with E-state index in [0.29, 0.717) is 0 Å². The molecule has 0 bridgehead atoms. The number of hydrogen-bond acceptors (Lipinski definition) is 2. The zero-order valence-electron chi connectivity index (χ0n) is 11.4. The van der Waals surface area contributed by atoms with Crippen LogP contribution in [-0.4, -0.2) is 49.6 Å². The zero-order valence-corrected chi connectivity index (χ0v) is 11.4. The van der Waals surface area contributed by atoms with Gasteiger partial charge in [0.1, 0.15) is 0 Å². The normalized spacial score (nSPS) is 24.1. The summed E-state index contributed by atoms with van der Waals surface area (Å²) in [6.07, 6.45) is 2.68. The second-order valence-electron chi connectivity index (χ2n) is 6.07. The van der Waals surface area contributed by atoms with Crippen LogP contribution in [0, 0.1) is 5.92 Å². The largest absolute Gasteiger partial charge is 0.306 e. The van der Waals surface area contributed by atoms with Crippen LogP contribution in [-0.2, 0) is 0 Å². The van der Waals surface area contributed by atoms with Crippen molar-refractivity contribution in [3.8, 4) is 0 Å². The molecule has 3 rings (SSSR count). The summed E-state index contributed by atoms with van der Waals surface area (Å²) in [6, 6.07) is 11.0. The number of likely N-dealkylation sites (tertiary alicyclic amines) is 2. The molecular weight excluding hydrogens is 220 g/mol. The molecule has 0 spiro atoms. The smallest absolute Gasteiger partial charge is 0.00342 e. The van der Waals surface area contributed by atoms with Gasteiger partial charge in [0.05, 0.1) is 0 Å². The minimum Gasteiger partial charge on any atom is -0.306 e. The second-order valence-corrected chi connectivity index (χ2v) is 6.07. The number of nitrogens with zero attached hydrogens (tertiary/aromatic N) is 2. The Labute approximate surface area is 111 Å². The molecule has 2 heterocycles. The highest BCUT2D eigenvalue weighted by Crippen LogP contribution is 2.28. The minimum absolute atomic E-state index is 0.798. The molecule has 18 heavy (non-hydrogen) atoms. The number of piperidine rings is 1. The van der Waals surface area contributed by atoms with E-state index >= 15 is 0 Å². The molecule has 1 aromatic rings. The molecular formula is C16H24N2. The highest BCUT2D eigenvalue weighted by Gasteiger charge is 2.27. The summed E-state index contributed by atoms with van der Waals surface area (Å²) < 4.78 is 0. The molecule has 2 aliphatic heterocycles. The third-order valence-electron chi connectivity index (χ3n) is 4.51. The predicted molar refractivity (Wildman–Crippen MR) is 75.8 cm³/mol. The van der Waals surface area contributed by atoms with Crippen LogP contribution in [0.15, 0.2) is 30.3 Å². The van der Waals surface area contributed by atoms with Crippen LogP contribution in [0.25, 0.3) is 0 Å². The molecule has 2 saturated heterocycles. The van der Waals surface area contributed by atoms with E-state index in [1.807, 2.05) is 0 Å². The van der Waals surface area contributed by atoms with Crippen molar-refractivity contribution in [2.75, 3.05) is 39.8 Å². The van der Waals surface area contributed by atoms with Crippen molar-refractivity contribution < 1.29 is 0 Å². The first-order valence-corrected chi connectivity index (χ1v) is 7.27. The lowest BCUT2D eigenvalue weighted by atomic mass is 9.89. The third-order valence-corrected chi connectivity index (χ3v) is 4.51. The molecule has 0 aromatic heterocycles. The SMILES string of the molecule is CN1CC(CN2CCC(c3ccccc3)CC2)C1. The standard InChI is InChI=1S/C16H24N2/c1-17-11-14(12-17)13-18-9-7-16(8-10-18)15-5-3-2-4-6-15/h2-6,14,16H,7-13H2,1H3. The molecule has 0 saturated carbocycles. The van der Waals surface area contributed by atoms with Crippen molar-refractivity contribution in [1.82, 2.24) is 9.80 Å². The van der Waals surface area contributed by atoms with Gasteiger partial charge in [0, 0.05) is 19.6 Å². The molecule has 0 radical (unpaired) electrons. The molecule has 98 valence electrons. The summed E-state index contributed by atoms with van der Waals surface area (Å²) in [7, 11) is 2.22. The van der Waals surface area contributed by atoms with Crippen molar-refractivity contribution in [3.05, 3.63) is 35.9 Å². The topological polar surface area (TPSA) is 6.48 Å². The summed E-state index contributed by atoms with van der Waals surface area (Å²) in [5.74, 6) is 1.73. The maximum atomic E-state index is 2.68. The van der Waals surface area contributed by atoms with Gasteiger partial charge in [-0.15, -0.1) is 0 Å². The third kappa shape index (κ3) is 2.76. The van der Waals surface area contributed by atoms with Gasteiger partial charge in [-0.3, -0.25) is 0 Å². The van der Waals surface area contributed by atoms with Crippen molar-refractivity contribution in [2.45, 2.75) is 18.8 Å². The lowest BCUT2D eigenvalue weighted by Crippen LogP contribution is -2.50. The molecule has 1 aromatic carbocycles. The number of hydrogen-bond donors (Lipinski definition) is 0. The lowest BCUT2D eigenvalue weighted by molar-refractivity contribution is 0.0798. The first-order valence-electron chi connectivity index (χ1n) is 7.27. The fourth-order valence-electron chi connectivity index (χ4n) is 3.48. The Bertz CT molecular complexity index is 362. The van der Waals surface area contributed by atoms with Crippen molar-refractivity contribution >= 4 is 0 Å². The van der Waals surface area contributed by atoms with Crippen LogP contribution in [0.5, 0.6) is 0 Å². The summed E-state index contributed by atoms with van der Waals surface area (Å²) in [6.45, 7) is 6.52. The number of benzene rings is 1. The molecule has 2 heteroatoms. The van der Waals surface area contributed by atoms with Gasteiger partial charge >= 0.3 is 0 Å². The van der Waals surface area contributed by atoms with E-state index in [-0.39, 0.29) is 0 Å². The van der Waals surface area contributed by atoms with Gasteiger partial charge in [0.2, 0.25) is 0 Å². The molecule has 0 atom stereocenters. The molecule has 2 fully saturated rings. The highest BCUT2D eigenvalue weighted by molar-refractivity contribution is 5.20. The maximum absolute atomic E-state index is 2.68. The van der Waals surface area contributed by atoms with Gasteiger partial charge in [-0.2, -0.15) is 0 Å². The summed E-state index contributed by atoms with van der Waals surface area (Å²) in [4.78, 5) is 5.10. The Balaban J connectivity index is 1.46. The summed E-state index contributed by atoms with van der Waals surface area (Å²) in [5.41, 5.74) is 1.54. The van der Waals surface area contributed by atoms with Crippen LogP contribution >= 0.6 is 0 Å². The maximum Gasteiger partial charge on any atom is 0.00342 e. The zero-order chi connectivity index (χ0) is 12.4. The summed E-state index contributed by atoms with van der Waals surface area (Å²) >= 11 is 0. The van der Waals surface area contributed by atoms with E-state index in [2.05, 4.69) is 47.2 Å². The molecule has 0 aliphatic carbocycles. The van der Waals surface area contributed by atoms with Gasteiger partial charge in [0.15, 0.2) is 0 Å². The van der Waals surface area contributed by atoms with E-state index in [0.717, 1.165) is 11.8 Å². The molecule has 0 amide bonds. The van der Waals surface area contributed by atoms with Gasteiger partial charge in [0.25, 0.3) is 0 Å². The van der Waals surface area contributed by atoms with Crippen LogP contribution in [0.3, 0.4) is 0 Å². The Hall–Kier alpha value is -0.860. The predicted octanol–water partition coefficient (Wildman–Crippen LogP) is 2.43. The molecule has 0 unspecified atom stereocenters. The first-order chi connectivity index (χ1) is 8.81. The van der Waals surface area contributed by atoms with Gasteiger partial charge in [-0.25, -0.2) is 0 Å². The molecule has 0 N–H and O–H groups in total. The minimum atomic E-state index is 0.798. The van der Waals surface area contributed by atoms with Crippen LogP contribution in [0.2, 0.25) is 0 Å². The Morgan fingerprint density at radius 2 is 1.72 bits per heavy atom. The monoisotopic (exact) mass is 244 g/mol. The Morgan fingerprint density at radius 3 is 2.33 bits per heavy atom. The fraction of sp³-hybridized carbons (Fsp3) is 0.625. The Morgan fingerprint density at radius 1 is 1.06 bits per heavy atom. The van der Waals surface area contributed by atoms with Gasteiger partial charge in [-0.1, -0.05) is 30.3 Å². The fourth-order valence-corrected chi connectivity index (χ4v) is 3.48. The van der Waals surface area contributed by atoms with Crippen molar-refractivity contribution in [3.63, 3.8) is 0 Å². The van der Waals surface area contributed by atoms with Crippen molar-refractivity contribution in [1.29, 1.82) is 0 Å². The average molecular weight is 244 g/mol. The van der Waals surface area contributed by atoms with Crippen LogP contribution < -0.4 is 0 Å². The quantitative estimate of drug-likeness (QED) is 0.806. The Kier molecular flexibility index (Phi) is 3.67. The van der Waals surface area contributed by atoms with E-state index in [9.17, 15) is 0 Å². The highest BCUT2D eigenvalue weighted by atomic mass is 15.2.